The van der Waals surface area contributed by atoms with E-state index in [0.717, 1.165) is 4.90 Å². The number of amides is 2. The lowest BCUT2D eigenvalue weighted by Crippen LogP contribution is -2.31. The molecule has 4 rings (SSSR count). The number of imide groups is 1. The fraction of sp³-hybridized carbons (Fsp3) is 0.133. The maximum Gasteiger partial charge on any atom is 0.286 e. The summed E-state index contributed by atoms with van der Waals surface area (Å²) in [6, 6.07) is 2.91. The molecule has 1 aromatic carbocycles. The first-order valence-electron chi connectivity index (χ1n) is 6.72. The predicted molar refractivity (Wildman–Crippen MR) is 75.7 cm³/mol. The highest BCUT2D eigenvalue weighted by molar-refractivity contribution is 6.34. The van der Waals surface area contributed by atoms with Crippen LogP contribution in [-0.2, 0) is 0 Å². The van der Waals surface area contributed by atoms with Crippen molar-refractivity contribution in [1.29, 1.82) is 0 Å². The van der Waals surface area contributed by atoms with Crippen LogP contribution in [0.2, 0.25) is 0 Å². The number of aromatic nitrogens is 2. The van der Waals surface area contributed by atoms with Gasteiger partial charge in [0.15, 0.2) is 28.7 Å². The molecular formula is C15H9N3O5. The summed E-state index contributed by atoms with van der Waals surface area (Å²) in [6.07, 6.45) is 2.66. The summed E-state index contributed by atoms with van der Waals surface area (Å²) in [7, 11) is 0. The predicted octanol–water partition coefficient (Wildman–Crippen LogP) is 1.21. The quantitative estimate of drug-likeness (QED) is 0.607. The van der Waals surface area contributed by atoms with Crippen LogP contribution in [0.25, 0.3) is 0 Å². The summed E-state index contributed by atoms with van der Waals surface area (Å²) >= 11 is 0. The number of anilines is 1. The number of hydrogen-bond donors (Lipinski definition) is 0. The number of nitrogens with zero attached hydrogens (tertiary/aromatic N) is 3. The van der Waals surface area contributed by atoms with Gasteiger partial charge in [-0.25, -0.2) is 14.9 Å². The van der Waals surface area contributed by atoms with E-state index in [9.17, 15) is 14.4 Å². The van der Waals surface area contributed by atoms with Gasteiger partial charge in [0.1, 0.15) is 0 Å². The van der Waals surface area contributed by atoms with E-state index < -0.39 is 11.8 Å². The fourth-order valence-electron chi connectivity index (χ4n) is 2.57. The Morgan fingerprint density at radius 1 is 1.04 bits per heavy atom. The molecule has 0 radical (unpaired) electrons. The number of ketones is 1. The number of hydrogen-bond acceptors (Lipinski definition) is 7. The first kappa shape index (κ1) is 13.4. The largest absolute Gasteiger partial charge is 0.454 e. The summed E-state index contributed by atoms with van der Waals surface area (Å²) < 4.78 is 10.5. The van der Waals surface area contributed by atoms with Crippen LogP contribution < -0.4 is 14.4 Å². The van der Waals surface area contributed by atoms with Gasteiger partial charge < -0.3 is 9.47 Å². The van der Waals surface area contributed by atoms with E-state index in [2.05, 4.69) is 9.97 Å². The lowest BCUT2D eigenvalue weighted by Gasteiger charge is -2.17. The maximum atomic E-state index is 12.5. The second kappa shape index (κ2) is 4.60. The van der Waals surface area contributed by atoms with Gasteiger partial charge in [-0.3, -0.25) is 14.4 Å². The third kappa shape index (κ3) is 1.81. The number of Topliss-reactive ketones (excluding diaryl/α,β-unsaturated/α-hetero) is 1. The Labute approximate surface area is 129 Å². The molecule has 3 heterocycles. The van der Waals surface area contributed by atoms with Crippen molar-refractivity contribution in [1.82, 2.24) is 9.97 Å². The lowest BCUT2D eigenvalue weighted by atomic mass is 10.1. The van der Waals surface area contributed by atoms with Crippen molar-refractivity contribution in [3.8, 4) is 11.5 Å². The van der Waals surface area contributed by atoms with E-state index in [1.165, 1.54) is 31.5 Å². The molecular weight excluding hydrogens is 302 g/mol. The molecule has 8 nitrogen and oxygen atoms in total. The molecule has 1 aromatic heterocycles. The highest BCUT2D eigenvalue weighted by Crippen LogP contribution is 2.40. The topological polar surface area (TPSA) is 98.7 Å². The van der Waals surface area contributed by atoms with Crippen molar-refractivity contribution >= 4 is 23.3 Å². The van der Waals surface area contributed by atoms with Gasteiger partial charge in [-0.1, -0.05) is 0 Å². The highest BCUT2D eigenvalue weighted by Gasteiger charge is 2.41. The van der Waals surface area contributed by atoms with Gasteiger partial charge in [0.05, 0.1) is 5.69 Å². The van der Waals surface area contributed by atoms with Crippen LogP contribution in [-0.4, -0.2) is 34.4 Å². The van der Waals surface area contributed by atoms with E-state index in [1.807, 2.05) is 0 Å². The molecule has 2 amide bonds. The average molecular weight is 311 g/mol. The molecule has 0 N–H and O–H groups in total. The molecule has 8 heteroatoms. The first-order valence-corrected chi connectivity index (χ1v) is 6.72. The molecule has 2 aliphatic heterocycles. The lowest BCUT2D eigenvalue weighted by molar-refractivity contribution is 0.0923. The van der Waals surface area contributed by atoms with Gasteiger partial charge in [0, 0.05) is 24.0 Å². The molecule has 2 aromatic rings. The third-order valence-electron chi connectivity index (χ3n) is 3.62. The van der Waals surface area contributed by atoms with Gasteiger partial charge in [0.2, 0.25) is 6.79 Å². The Hall–Kier alpha value is -3.29. The van der Waals surface area contributed by atoms with Crippen molar-refractivity contribution in [3.63, 3.8) is 0 Å². The molecule has 0 bridgehead atoms. The molecule has 0 saturated heterocycles. The van der Waals surface area contributed by atoms with E-state index in [-0.39, 0.29) is 35.2 Å². The fourth-order valence-corrected chi connectivity index (χ4v) is 2.57. The molecule has 0 spiro atoms. The van der Waals surface area contributed by atoms with Gasteiger partial charge in [-0.05, 0) is 13.0 Å². The van der Waals surface area contributed by atoms with Crippen LogP contribution in [0.1, 0.15) is 38.3 Å². The Morgan fingerprint density at radius 3 is 2.17 bits per heavy atom. The minimum Gasteiger partial charge on any atom is -0.454 e. The third-order valence-corrected chi connectivity index (χ3v) is 3.62. The van der Waals surface area contributed by atoms with Gasteiger partial charge in [0.25, 0.3) is 11.8 Å². The Bertz CT molecular complexity index is 858. The zero-order valence-corrected chi connectivity index (χ0v) is 11.9. The van der Waals surface area contributed by atoms with Crippen molar-refractivity contribution in [2.75, 3.05) is 11.7 Å². The monoisotopic (exact) mass is 311 g/mol. The number of carbonyl (C=O) groups is 3. The van der Waals surface area contributed by atoms with Gasteiger partial charge >= 0.3 is 0 Å². The molecule has 0 unspecified atom stereocenters. The summed E-state index contributed by atoms with van der Waals surface area (Å²) in [4.78, 5) is 45.6. The minimum absolute atomic E-state index is 0.0152. The SMILES string of the molecule is CC(=O)c1cc2c(cc1N1C(=O)c3nccnc3C1=O)OCO2. The van der Waals surface area contributed by atoms with Crippen LogP contribution in [0.15, 0.2) is 24.5 Å². The molecule has 114 valence electrons. The van der Waals surface area contributed by atoms with Crippen molar-refractivity contribution in [2.45, 2.75) is 6.92 Å². The first-order chi connectivity index (χ1) is 11.1. The molecule has 23 heavy (non-hydrogen) atoms. The van der Waals surface area contributed by atoms with Gasteiger partial charge in [-0.2, -0.15) is 0 Å². The standard InChI is InChI=1S/C15H9N3O5/c1-7(19)8-4-10-11(23-6-22-10)5-9(8)18-14(20)12-13(15(18)21)17-3-2-16-12/h2-5H,6H2,1H3. The van der Waals surface area contributed by atoms with Crippen LogP contribution in [0.4, 0.5) is 5.69 Å². The Balaban J connectivity index is 1.91. The van der Waals surface area contributed by atoms with Crippen molar-refractivity contribution < 1.29 is 23.9 Å². The Morgan fingerprint density at radius 2 is 1.61 bits per heavy atom. The van der Waals surface area contributed by atoms with Crippen molar-refractivity contribution in [2.24, 2.45) is 0 Å². The van der Waals surface area contributed by atoms with Crippen molar-refractivity contribution in [3.05, 3.63) is 41.5 Å². The second-order valence-corrected chi connectivity index (χ2v) is 4.98. The molecule has 0 atom stereocenters. The summed E-state index contributed by atoms with van der Waals surface area (Å²) in [5.74, 6) is -0.802. The van der Waals surface area contributed by atoms with E-state index in [0.29, 0.717) is 11.5 Å². The molecule has 2 aliphatic rings. The summed E-state index contributed by atoms with van der Waals surface area (Å²) in [6.45, 7) is 1.36. The maximum absolute atomic E-state index is 12.5. The summed E-state index contributed by atoms with van der Waals surface area (Å²) in [5.41, 5.74) is 0.245. The average Bonchev–Trinajstić information content (AvgIpc) is 3.10. The second-order valence-electron chi connectivity index (χ2n) is 4.98. The van der Waals surface area contributed by atoms with Crippen LogP contribution in [0.5, 0.6) is 11.5 Å². The zero-order valence-electron chi connectivity index (χ0n) is 11.9. The van der Waals surface area contributed by atoms with Gasteiger partial charge in [-0.15, -0.1) is 0 Å². The number of rotatable bonds is 2. The molecule has 0 aliphatic carbocycles. The van der Waals surface area contributed by atoms with E-state index >= 15 is 0 Å². The van der Waals surface area contributed by atoms with Crippen LogP contribution in [0.3, 0.4) is 0 Å². The van der Waals surface area contributed by atoms with Crippen LogP contribution >= 0.6 is 0 Å². The Kier molecular flexibility index (Phi) is 2.68. The molecule has 0 saturated carbocycles. The van der Waals surface area contributed by atoms with E-state index in [4.69, 9.17) is 9.47 Å². The molecule has 0 fully saturated rings. The number of ether oxygens (including phenoxy) is 2. The number of benzene rings is 1. The van der Waals surface area contributed by atoms with E-state index in [1.54, 1.807) is 0 Å². The zero-order chi connectivity index (χ0) is 16.1. The summed E-state index contributed by atoms with van der Waals surface area (Å²) in [5, 5.41) is 0. The number of fused-ring (bicyclic) bond motifs is 2. The van der Waals surface area contributed by atoms with Crippen LogP contribution in [0, 0.1) is 0 Å². The smallest absolute Gasteiger partial charge is 0.286 e. The highest BCUT2D eigenvalue weighted by atomic mass is 16.7. The minimum atomic E-state index is -0.625. The normalized spacial score (nSPS) is 15.1. The number of carbonyl (C=O) groups excluding carboxylic acids is 3.